The first kappa shape index (κ1) is 19.5. The van der Waals surface area contributed by atoms with Crippen molar-refractivity contribution in [2.45, 2.75) is 31.9 Å². The molecule has 2 saturated heterocycles. The highest BCUT2D eigenvalue weighted by Crippen LogP contribution is 2.28. The smallest absolute Gasteiger partial charge is 0.137 e. The zero-order chi connectivity index (χ0) is 15.0. The molecule has 0 atom stereocenters. The third kappa shape index (κ3) is 3.70. The Hall–Kier alpha value is -0.850. The van der Waals surface area contributed by atoms with E-state index in [4.69, 9.17) is 4.74 Å². The second-order valence-electron chi connectivity index (χ2n) is 6.56. The number of nitrogens with one attached hydrogen (secondary N) is 1. The first-order valence-electron chi connectivity index (χ1n) is 8.25. The Balaban J connectivity index is 0.00000104. The average Bonchev–Trinajstić information content (AvgIpc) is 2.87. The standard InChI is InChI=1S/C17H24N4O.2ClH/c1-14-15(21-8-3-2-4-16(21)19-14)12-20-9-5-17(6-10-20)13-18-7-11-22-17;;/h2-4,8,18H,5-7,9-13H2,1H3;2*1H. The van der Waals surface area contributed by atoms with Crippen molar-refractivity contribution in [3.8, 4) is 0 Å². The molecular weight excluding hydrogens is 347 g/mol. The van der Waals surface area contributed by atoms with Gasteiger partial charge < -0.3 is 14.5 Å². The van der Waals surface area contributed by atoms with Crippen LogP contribution in [0.15, 0.2) is 24.4 Å². The van der Waals surface area contributed by atoms with Gasteiger partial charge in [0.25, 0.3) is 0 Å². The SMILES string of the molecule is Cc1nc2ccccn2c1CN1CCC2(CC1)CNCCO2.Cl.Cl. The van der Waals surface area contributed by atoms with Crippen LogP contribution in [0.4, 0.5) is 0 Å². The van der Waals surface area contributed by atoms with Crippen LogP contribution < -0.4 is 5.32 Å². The highest BCUT2D eigenvalue weighted by molar-refractivity contribution is 5.85. The van der Waals surface area contributed by atoms with E-state index in [1.165, 1.54) is 5.69 Å². The highest BCUT2D eigenvalue weighted by Gasteiger charge is 2.37. The largest absolute Gasteiger partial charge is 0.372 e. The lowest BCUT2D eigenvalue weighted by atomic mass is 9.90. The van der Waals surface area contributed by atoms with Crippen molar-refractivity contribution in [3.05, 3.63) is 35.8 Å². The van der Waals surface area contributed by atoms with E-state index in [0.717, 1.165) is 63.5 Å². The number of halogens is 2. The number of pyridine rings is 1. The van der Waals surface area contributed by atoms with Crippen LogP contribution in [0.5, 0.6) is 0 Å². The molecule has 7 heteroatoms. The van der Waals surface area contributed by atoms with Gasteiger partial charge in [-0.1, -0.05) is 6.07 Å². The molecule has 2 fully saturated rings. The molecule has 4 rings (SSSR count). The molecule has 2 aliphatic heterocycles. The molecule has 2 aromatic rings. The normalized spacial score (nSPS) is 20.5. The Bertz CT molecular complexity index is 660. The van der Waals surface area contributed by atoms with Crippen molar-refractivity contribution in [1.82, 2.24) is 19.6 Å². The number of likely N-dealkylation sites (tertiary alicyclic amines) is 1. The van der Waals surface area contributed by atoms with Crippen molar-refractivity contribution in [1.29, 1.82) is 0 Å². The minimum atomic E-state index is 0. The third-order valence-electron chi connectivity index (χ3n) is 5.10. The molecule has 2 aromatic heterocycles. The summed E-state index contributed by atoms with van der Waals surface area (Å²) in [4.78, 5) is 7.20. The molecular formula is C17H26Cl2N4O. The second-order valence-corrected chi connectivity index (χ2v) is 6.56. The van der Waals surface area contributed by atoms with E-state index in [1.807, 2.05) is 6.07 Å². The van der Waals surface area contributed by atoms with Crippen LogP contribution in [0.25, 0.3) is 5.65 Å². The number of fused-ring (bicyclic) bond motifs is 1. The minimum absolute atomic E-state index is 0. The number of nitrogens with zero attached hydrogens (tertiary/aromatic N) is 3. The van der Waals surface area contributed by atoms with Crippen LogP contribution in [0.2, 0.25) is 0 Å². The summed E-state index contributed by atoms with van der Waals surface area (Å²) in [5, 5.41) is 3.48. The maximum atomic E-state index is 6.08. The van der Waals surface area contributed by atoms with E-state index in [2.05, 4.69) is 44.9 Å². The number of imidazole rings is 1. The van der Waals surface area contributed by atoms with Gasteiger partial charge in [-0.3, -0.25) is 4.90 Å². The predicted molar refractivity (Wildman–Crippen MR) is 100 cm³/mol. The van der Waals surface area contributed by atoms with Crippen LogP contribution >= 0.6 is 24.8 Å². The number of aryl methyl sites for hydroxylation is 1. The maximum Gasteiger partial charge on any atom is 0.137 e. The first-order valence-corrected chi connectivity index (χ1v) is 8.25. The number of rotatable bonds is 2. The van der Waals surface area contributed by atoms with Gasteiger partial charge in [-0.25, -0.2) is 4.98 Å². The Morgan fingerprint density at radius 3 is 2.75 bits per heavy atom. The second kappa shape index (κ2) is 8.02. The van der Waals surface area contributed by atoms with Gasteiger partial charge >= 0.3 is 0 Å². The van der Waals surface area contributed by atoms with Gasteiger partial charge in [0.05, 0.1) is 23.6 Å². The van der Waals surface area contributed by atoms with Gasteiger partial charge in [0.2, 0.25) is 0 Å². The molecule has 134 valence electrons. The lowest BCUT2D eigenvalue weighted by Gasteiger charge is -2.44. The Labute approximate surface area is 155 Å². The summed E-state index contributed by atoms with van der Waals surface area (Å²) >= 11 is 0. The molecule has 2 aliphatic rings. The molecule has 0 radical (unpaired) electrons. The molecule has 0 aliphatic carbocycles. The zero-order valence-corrected chi connectivity index (χ0v) is 15.7. The van der Waals surface area contributed by atoms with Crippen molar-refractivity contribution >= 4 is 30.5 Å². The van der Waals surface area contributed by atoms with E-state index >= 15 is 0 Å². The fourth-order valence-corrected chi connectivity index (χ4v) is 3.71. The fourth-order valence-electron chi connectivity index (χ4n) is 3.71. The maximum absolute atomic E-state index is 6.08. The summed E-state index contributed by atoms with van der Waals surface area (Å²) in [6.45, 7) is 8.14. The molecule has 0 amide bonds. The quantitative estimate of drug-likeness (QED) is 0.878. The van der Waals surface area contributed by atoms with Gasteiger partial charge in [0.1, 0.15) is 5.65 Å². The summed E-state index contributed by atoms with van der Waals surface area (Å²) < 4.78 is 8.30. The molecule has 0 saturated carbocycles. The fraction of sp³-hybridized carbons (Fsp3) is 0.588. The Morgan fingerprint density at radius 2 is 2.04 bits per heavy atom. The molecule has 24 heavy (non-hydrogen) atoms. The van der Waals surface area contributed by atoms with Crippen LogP contribution in [-0.2, 0) is 11.3 Å². The van der Waals surface area contributed by atoms with E-state index in [0.29, 0.717) is 0 Å². The van der Waals surface area contributed by atoms with Crippen LogP contribution in [0.1, 0.15) is 24.2 Å². The lowest BCUT2D eigenvalue weighted by molar-refractivity contribution is -0.101. The topological polar surface area (TPSA) is 41.8 Å². The summed E-state index contributed by atoms with van der Waals surface area (Å²) in [6.07, 6.45) is 4.36. The summed E-state index contributed by atoms with van der Waals surface area (Å²) in [5.41, 5.74) is 3.59. The first-order chi connectivity index (χ1) is 10.8. The highest BCUT2D eigenvalue weighted by atomic mass is 35.5. The van der Waals surface area contributed by atoms with Gasteiger partial charge in [0.15, 0.2) is 0 Å². The van der Waals surface area contributed by atoms with Crippen LogP contribution in [-0.4, -0.2) is 52.7 Å². The summed E-state index contributed by atoms with van der Waals surface area (Å²) in [5.74, 6) is 0. The number of morpholine rings is 1. The van der Waals surface area contributed by atoms with Gasteiger partial charge in [-0.2, -0.15) is 0 Å². The molecule has 4 heterocycles. The van der Waals surface area contributed by atoms with Crippen molar-refractivity contribution < 1.29 is 4.74 Å². The number of piperidine rings is 1. The molecule has 0 aromatic carbocycles. The van der Waals surface area contributed by atoms with E-state index in [-0.39, 0.29) is 30.4 Å². The number of aromatic nitrogens is 2. The molecule has 0 unspecified atom stereocenters. The summed E-state index contributed by atoms with van der Waals surface area (Å²) in [7, 11) is 0. The Morgan fingerprint density at radius 1 is 1.25 bits per heavy atom. The zero-order valence-electron chi connectivity index (χ0n) is 14.0. The van der Waals surface area contributed by atoms with Gasteiger partial charge in [0, 0.05) is 38.9 Å². The van der Waals surface area contributed by atoms with Crippen LogP contribution in [0.3, 0.4) is 0 Å². The molecule has 1 N–H and O–H groups in total. The van der Waals surface area contributed by atoms with E-state index < -0.39 is 0 Å². The van der Waals surface area contributed by atoms with Crippen molar-refractivity contribution in [2.24, 2.45) is 0 Å². The monoisotopic (exact) mass is 372 g/mol. The minimum Gasteiger partial charge on any atom is -0.372 e. The summed E-state index contributed by atoms with van der Waals surface area (Å²) in [6, 6.07) is 6.19. The van der Waals surface area contributed by atoms with E-state index in [9.17, 15) is 0 Å². The lowest BCUT2D eigenvalue weighted by Crippen LogP contribution is -2.55. The Kier molecular flexibility index (Phi) is 6.51. The van der Waals surface area contributed by atoms with E-state index in [1.54, 1.807) is 0 Å². The van der Waals surface area contributed by atoms with Crippen LogP contribution in [0, 0.1) is 6.92 Å². The van der Waals surface area contributed by atoms with Gasteiger partial charge in [-0.05, 0) is 31.9 Å². The van der Waals surface area contributed by atoms with Crippen molar-refractivity contribution in [2.75, 3.05) is 32.8 Å². The molecule has 0 bridgehead atoms. The van der Waals surface area contributed by atoms with Gasteiger partial charge in [-0.15, -0.1) is 24.8 Å². The predicted octanol–water partition coefficient (Wildman–Crippen LogP) is 2.44. The average molecular weight is 373 g/mol. The van der Waals surface area contributed by atoms with Crippen molar-refractivity contribution in [3.63, 3.8) is 0 Å². The number of ether oxygens (including phenoxy) is 1. The number of hydrogen-bond acceptors (Lipinski definition) is 4. The molecule has 1 spiro atoms. The number of hydrogen-bond donors (Lipinski definition) is 1. The molecule has 5 nitrogen and oxygen atoms in total. The third-order valence-corrected chi connectivity index (χ3v) is 5.10.